The SMILES string of the molecule is COc1ccc(OC)c(S(=O)(=O)N2CCCC3(CCCN(Cc4csc(C)n4)C3)C2)c1. The Morgan fingerprint density at radius 3 is 2.58 bits per heavy atom. The molecule has 170 valence electrons. The van der Waals surface area contributed by atoms with Gasteiger partial charge in [0.15, 0.2) is 0 Å². The van der Waals surface area contributed by atoms with Gasteiger partial charge in [0, 0.05) is 37.6 Å². The Bertz CT molecular complexity index is 1020. The zero-order chi connectivity index (χ0) is 22.1. The Balaban J connectivity index is 1.55. The molecule has 7 nitrogen and oxygen atoms in total. The first-order valence-electron chi connectivity index (χ1n) is 10.7. The average molecular weight is 466 g/mol. The molecule has 0 aliphatic carbocycles. The predicted molar refractivity (Wildman–Crippen MR) is 121 cm³/mol. The minimum atomic E-state index is -3.69. The first-order valence-corrected chi connectivity index (χ1v) is 13.0. The van der Waals surface area contributed by atoms with Gasteiger partial charge in [-0.15, -0.1) is 11.3 Å². The summed E-state index contributed by atoms with van der Waals surface area (Å²) >= 11 is 1.68. The number of piperidine rings is 2. The molecule has 1 unspecified atom stereocenters. The molecule has 2 aliphatic rings. The van der Waals surface area contributed by atoms with Crippen molar-refractivity contribution < 1.29 is 17.9 Å². The van der Waals surface area contributed by atoms with E-state index in [-0.39, 0.29) is 10.3 Å². The van der Waals surface area contributed by atoms with Crippen molar-refractivity contribution in [2.45, 2.75) is 44.0 Å². The number of hydrogen-bond acceptors (Lipinski definition) is 7. The number of aromatic nitrogens is 1. The Morgan fingerprint density at radius 2 is 1.90 bits per heavy atom. The van der Waals surface area contributed by atoms with Crippen molar-refractivity contribution in [3.63, 3.8) is 0 Å². The van der Waals surface area contributed by atoms with Crippen molar-refractivity contribution in [2.24, 2.45) is 5.41 Å². The van der Waals surface area contributed by atoms with Crippen LogP contribution in [-0.2, 0) is 16.6 Å². The van der Waals surface area contributed by atoms with Gasteiger partial charge < -0.3 is 9.47 Å². The molecule has 2 saturated heterocycles. The first-order chi connectivity index (χ1) is 14.8. The summed E-state index contributed by atoms with van der Waals surface area (Å²) in [6.07, 6.45) is 4.07. The highest BCUT2D eigenvalue weighted by atomic mass is 32.2. The maximum Gasteiger partial charge on any atom is 0.246 e. The monoisotopic (exact) mass is 465 g/mol. The average Bonchev–Trinajstić information content (AvgIpc) is 3.17. The van der Waals surface area contributed by atoms with E-state index in [1.165, 1.54) is 14.2 Å². The fourth-order valence-corrected chi connectivity index (χ4v) is 7.35. The Labute approximate surface area is 189 Å². The van der Waals surface area contributed by atoms with E-state index in [1.54, 1.807) is 33.8 Å². The van der Waals surface area contributed by atoms with Crippen LogP contribution in [0.1, 0.15) is 36.4 Å². The number of sulfonamides is 1. The van der Waals surface area contributed by atoms with Crippen molar-refractivity contribution in [1.29, 1.82) is 0 Å². The summed E-state index contributed by atoms with van der Waals surface area (Å²) in [6.45, 7) is 5.89. The maximum atomic E-state index is 13.6. The third-order valence-electron chi connectivity index (χ3n) is 6.41. The van der Waals surface area contributed by atoms with Crippen LogP contribution in [0.2, 0.25) is 0 Å². The smallest absolute Gasteiger partial charge is 0.246 e. The van der Waals surface area contributed by atoms with E-state index in [1.807, 2.05) is 6.92 Å². The van der Waals surface area contributed by atoms with E-state index in [0.717, 1.165) is 56.0 Å². The number of rotatable bonds is 6. The Kier molecular flexibility index (Phi) is 6.57. The van der Waals surface area contributed by atoms with E-state index in [4.69, 9.17) is 9.47 Å². The first kappa shape index (κ1) is 22.5. The minimum Gasteiger partial charge on any atom is -0.497 e. The number of benzene rings is 1. The maximum absolute atomic E-state index is 13.6. The molecular weight excluding hydrogens is 434 g/mol. The highest BCUT2D eigenvalue weighted by Crippen LogP contribution is 2.41. The lowest BCUT2D eigenvalue weighted by Gasteiger charge is -2.48. The molecule has 3 heterocycles. The molecule has 0 saturated carbocycles. The fraction of sp³-hybridized carbons (Fsp3) is 0.591. The van der Waals surface area contributed by atoms with Crippen molar-refractivity contribution in [3.8, 4) is 11.5 Å². The van der Waals surface area contributed by atoms with Gasteiger partial charge in [0.25, 0.3) is 0 Å². The number of likely N-dealkylation sites (tertiary alicyclic amines) is 1. The van der Waals surface area contributed by atoms with Gasteiger partial charge in [0.1, 0.15) is 16.4 Å². The number of ether oxygens (including phenoxy) is 2. The third kappa shape index (κ3) is 4.74. The zero-order valence-corrected chi connectivity index (χ0v) is 20.1. The molecular formula is C22H31N3O4S2. The molecule has 4 rings (SSSR count). The number of thiazole rings is 1. The summed E-state index contributed by atoms with van der Waals surface area (Å²) < 4.78 is 39.5. The summed E-state index contributed by atoms with van der Waals surface area (Å²) in [7, 11) is -0.653. The van der Waals surface area contributed by atoms with Crippen molar-refractivity contribution in [2.75, 3.05) is 40.4 Å². The molecule has 0 radical (unpaired) electrons. The largest absolute Gasteiger partial charge is 0.497 e. The Morgan fingerprint density at radius 1 is 1.13 bits per heavy atom. The molecule has 0 N–H and O–H groups in total. The summed E-state index contributed by atoms with van der Waals surface area (Å²) in [5, 5.41) is 3.22. The summed E-state index contributed by atoms with van der Waals surface area (Å²) in [5.74, 6) is 0.859. The van der Waals surface area contributed by atoms with Gasteiger partial charge in [0.2, 0.25) is 10.0 Å². The lowest BCUT2D eigenvalue weighted by atomic mass is 9.74. The standard InChI is InChI=1S/C22H31N3O4S2/c1-17-23-18(14-30-17)13-24-10-4-8-22(15-24)9-5-11-25(16-22)31(26,27)21-12-19(28-2)6-7-20(21)29-3/h6-7,12,14H,4-5,8-11,13,15-16H2,1-3H3. The minimum absolute atomic E-state index is 0.0132. The van der Waals surface area contributed by atoms with Crippen LogP contribution in [0.5, 0.6) is 11.5 Å². The van der Waals surface area contributed by atoms with Crippen LogP contribution in [0, 0.1) is 12.3 Å². The van der Waals surface area contributed by atoms with Crippen molar-refractivity contribution >= 4 is 21.4 Å². The normalized spacial score (nSPS) is 23.2. The number of methoxy groups -OCH3 is 2. The van der Waals surface area contributed by atoms with Crippen LogP contribution in [0.3, 0.4) is 0 Å². The van der Waals surface area contributed by atoms with E-state index >= 15 is 0 Å². The van der Waals surface area contributed by atoms with Crippen LogP contribution < -0.4 is 9.47 Å². The van der Waals surface area contributed by atoms with Crippen LogP contribution in [0.15, 0.2) is 28.5 Å². The molecule has 9 heteroatoms. The summed E-state index contributed by atoms with van der Waals surface area (Å²) in [6, 6.07) is 4.94. The number of aryl methyl sites for hydroxylation is 1. The molecule has 2 aliphatic heterocycles. The number of nitrogens with zero attached hydrogens (tertiary/aromatic N) is 3. The highest BCUT2D eigenvalue weighted by Gasteiger charge is 2.43. The number of hydrogen-bond donors (Lipinski definition) is 0. The Hall–Kier alpha value is -1.68. The molecule has 1 aromatic carbocycles. The van der Waals surface area contributed by atoms with Gasteiger partial charge in [-0.25, -0.2) is 13.4 Å². The molecule has 1 atom stereocenters. The van der Waals surface area contributed by atoms with Gasteiger partial charge in [-0.05, 0) is 56.7 Å². The summed E-state index contributed by atoms with van der Waals surface area (Å²) in [4.78, 5) is 7.23. The third-order valence-corrected chi connectivity index (χ3v) is 9.10. The van der Waals surface area contributed by atoms with Crippen molar-refractivity contribution in [1.82, 2.24) is 14.2 Å². The van der Waals surface area contributed by atoms with Gasteiger partial charge >= 0.3 is 0 Å². The zero-order valence-electron chi connectivity index (χ0n) is 18.5. The molecule has 0 bridgehead atoms. The van der Waals surface area contributed by atoms with E-state index in [2.05, 4.69) is 15.3 Å². The second-order valence-corrected chi connectivity index (χ2v) is 11.6. The molecule has 1 aromatic heterocycles. The van der Waals surface area contributed by atoms with Gasteiger partial charge in [-0.2, -0.15) is 4.31 Å². The van der Waals surface area contributed by atoms with Crippen LogP contribution >= 0.6 is 11.3 Å². The summed E-state index contributed by atoms with van der Waals surface area (Å²) in [5.41, 5.74) is 1.10. The molecule has 31 heavy (non-hydrogen) atoms. The van der Waals surface area contributed by atoms with Gasteiger partial charge in [-0.3, -0.25) is 4.90 Å². The lowest BCUT2D eigenvalue weighted by Crippen LogP contribution is -2.53. The molecule has 2 fully saturated rings. The quantitative estimate of drug-likeness (QED) is 0.650. The van der Waals surface area contributed by atoms with Gasteiger partial charge in [-0.1, -0.05) is 0 Å². The van der Waals surface area contributed by atoms with Crippen LogP contribution in [0.25, 0.3) is 0 Å². The fourth-order valence-electron chi connectivity index (χ4n) is 4.98. The molecule has 0 amide bonds. The topological polar surface area (TPSA) is 72.0 Å². The van der Waals surface area contributed by atoms with E-state index in [0.29, 0.717) is 24.6 Å². The highest BCUT2D eigenvalue weighted by molar-refractivity contribution is 7.89. The van der Waals surface area contributed by atoms with Crippen molar-refractivity contribution in [3.05, 3.63) is 34.3 Å². The lowest BCUT2D eigenvalue weighted by molar-refractivity contribution is 0.0356. The molecule has 1 spiro atoms. The van der Waals surface area contributed by atoms with Gasteiger partial charge in [0.05, 0.1) is 24.9 Å². The van der Waals surface area contributed by atoms with Crippen LogP contribution in [0.4, 0.5) is 0 Å². The predicted octanol–water partition coefficient (Wildman–Crippen LogP) is 3.54. The second-order valence-electron chi connectivity index (χ2n) is 8.63. The van der Waals surface area contributed by atoms with E-state index in [9.17, 15) is 8.42 Å². The van der Waals surface area contributed by atoms with Crippen LogP contribution in [-0.4, -0.2) is 63.0 Å². The second kappa shape index (κ2) is 9.05. The molecule has 2 aromatic rings. The van der Waals surface area contributed by atoms with E-state index < -0.39 is 10.0 Å².